The van der Waals surface area contributed by atoms with E-state index in [9.17, 15) is 0 Å². The lowest BCUT2D eigenvalue weighted by Crippen LogP contribution is -2.29. The van der Waals surface area contributed by atoms with Gasteiger partial charge in [0.15, 0.2) is 0 Å². The van der Waals surface area contributed by atoms with Crippen LogP contribution >= 0.6 is 11.8 Å². The van der Waals surface area contributed by atoms with E-state index in [0.29, 0.717) is 0 Å². The highest BCUT2D eigenvalue weighted by atomic mass is 32.2. The van der Waals surface area contributed by atoms with Crippen LogP contribution in [0.25, 0.3) is 0 Å². The summed E-state index contributed by atoms with van der Waals surface area (Å²) in [4.78, 5) is 2.65. The van der Waals surface area contributed by atoms with Crippen LogP contribution in [0, 0.1) is 11.8 Å². The molecule has 1 atom stereocenters. The molecular formula is C14H30N2S. The molecule has 2 nitrogen and oxygen atoms in total. The molecule has 0 spiro atoms. The van der Waals surface area contributed by atoms with Crippen LogP contribution in [0.4, 0.5) is 0 Å². The molecule has 17 heavy (non-hydrogen) atoms. The van der Waals surface area contributed by atoms with Crippen molar-refractivity contribution in [2.45, 2.75) is 33.6 Å². The van der Waals surface area contributed by atoms with Crippen molar-refractivity contribution in [2.75, 3.05) is 44.2 Å². The minimum atomic E-state index is 0.776. The van der Waals surface area contributed by atoms with Crippen LogP contribution in [0.15, 0.2) is 0 Å². The maximum atomic E-state index is 3.59. The third kappa shape index (κ3) is 7.32. The molecule has 0 bridgehead atoms. The number of nitrogens with zero attached hydrogens (tertiary/aromatic N) is 1. The van der Waals surface area contributed by atoms with E-state index in [4.69, 9.17) is 0 Å². The standard InChI is InChI=1S/C14H30N2S/c1-4-17-9-5-7-16-8-6-14(12-16)11-15-10-13(2)3/h13-15H,4-12H2,1-3H3. The first-order valence-electron chi connectivity index (χ1n) is 7.23. The maximum absolute atomic E-state index is 3.59. The quantitative estimate of drug-likeness (QED) is 0.640. The minimum Gasteiger partial charge on any atom is -0.316 e. The van der Waals surface area contributed by atoms with E-state index in [2.05, 4.69) is 42.7 Å². The molecule has 0 saturated carbocycles. The lowest BCUT2D eigenvalue weighted by atomic mass is 10.1. The van der Waals surface area contributed by atoms with E-state index < -0.39 is 0 Å². The Labute approximate surface area is 112 Å². The molecule has 1 fully saturated rings. The lowest BCUT2D eigenvalue weighted by molar-refractivity contribution is 0.322. The highest BCUT2D eigenvalue weighted by molar-refractivity contribution is 7.99. The van der Waals surface area contributed by atoms with E-state index in [-0.39, 0.29) is 0 Å². The van der Waals surface area contributed by atoms with Crippen molar-refractivity contribution < 1.29 is 0 Å². The minimum absolute atomic E-state index is 0.776. The first-order chi connectivity index (χ1) is 8.22. The van der Waals surface area contributed by atoms with Gasteiger partial charge < -0.3 is 10.2 Å². The number of likely N-dealkylation sites (tertiary alicyclic amines) is 1. The van der Waals surface area contributed by atoms with Gasteiger partial charge in [0.2, 0.25) is 0 Å². The summed E-state index contributed by atoms with van der Waals surface area (Å²) in [5.74, 6) is 4.27. The Bertz CT molecular complexity index is 185. The zero-order valence-corrected chi connectivity index (χ0v) is 12.7. The Morgan fingerprint density at radius 3 is 2.94 bits per heavy atom. The number of rotatable bonds is 9. The number of thioether (sulfide) groups is 1. The Balaban J connectivity index is 1.98. The fraction of sp³-hybridized carbons (Fsp3) is 1.00. The van der Waals surface area contributed by atoms with E-state index >= 15 is 0 Å². The summed E-state index contributed by atoms with van der Waals surface area (Å²) in [7, 11) is 0. The van der Waals surface area contributed by atoms with Crippen LogP contribution in [0.1, 0.15) is 33.6 Å². The SMILES string of the molecule is CCSCCCN1CCC(CNCC(C)C)C1. The van der Waals surface area contributed by atoms with Crippen molar-refractivity contribution in [3.05, 3.63) is 0 Å². The van der Waals surface area contributed by atoms with Crippen LogP contribution in [-0.4, -0.2) is 49.1 Å². The number of hydrogen-bond donors (Lipinski definition) is 1. The molecule has 1 unspecified atom stereocenters. The van der Waals surface area contributed by atoms with Gasteiger partial charge in [-0.25, -0.2) is 0 Å². The second kappa shape index (κ2) is 9.23. The molecule has 102 valence electrons. The lowest BCUT2D eigenvalue weighted by Gasteiger charge is -2.16. The molecule has 1 heterocycles. The Kier molecular flexibility index (Phi) is 8.33. The monoisotopic (exact) mass is 258 g/mol. The maximum Gasteiger partial charge on any atom is 0.00223 e. The van der Waals surface area contributed by atoms with Gasteiger partial charge in [-0.05, 0) is 62.4 Å². The molecule has 0 amide bonds. The average molecular weight is 258 g/mol. The highest BCUT2D eigenvalue weighted by Gasteiger charge is 2.21. The molecule has 0 aromatic heterocycles. The largest absolute Gasteiger partial charge is 0.316 e. The summed E-state index contributed by atoms with van der Waals surface area (Å²) in [5.41, 5.74) is 0. The van der Waals surface area contributed by atoms with Crippen molar-refractivity contribution in [2.24, 2.45) is 11.8 Å². The first-order valence-corrected chi connectivity index (χ1v) is 8.38. The molecule has 1 aliphatic rings. The Morgan fingerprint density at radius 1 is 1.41 bits per heavy atom. The van der Waals surface area contributed by atoms with E-state index in [1.165, 1.54) is 57.1 Å². The smallest absolute Gasteiger partial charge is 0.00223 e. The Morgan fingerprint density at radius 2 is 2.24 bits per heavy atom. The molecular weight excluding hydrogens is 228 g/mol. The van der Waals surface area contributed by atoms with Gasteiger partial charge in [0.1, 0.15) is 0 Å². The van der Waals surface area contributed by atoms with E-state index in [1.807, 2.05) is 0 Å². The first kappa shape index (κ1) is 15.3. The number of hydrogen-bond acceptors (Lipinski definition) is 3. The second-order valence-electron chi connectivity index (χ2n) is 5.56. The molecule has 0 radical (unpaired) electrons. The summed E-state index contributed by atoms with van der Waals surface area (Å²) in [6, 6.07) is 0. The molecule has 1 aliphatic heterocycles. The van der Waals surface area contributed by atoms with Gasteiger partial charge in [0.05, 0.1) is 0 Å². The third-order valence-electron chi connectivity index (χ3n) is 3.32. The second-order valence-corrected chi connectivity index (χ2v) is 6.95. The predicted octanol–water partition coefficient (Wildman–Crippen LogP) is 2.70. The van der Waals surface area contributed by atoms with Crippen molar-refractivity contribution >= 4 is 11.8 Å². The predicted molar refractivity (Wildman–Crippen MR) is 79.9 cm³/mol. The fourth-order valence-corrected chi connectivity index (χ4v) is 3.02. The normalized spacial score (nSPS) is 21.5. The molecule has 1 N–H and O–H groups in total. The highest BCUT2D eigenvalue weighted by Crippen LogP contribution is 2.16. The van der Waals surface area contributed by atoms with Gasteiger partial charge in [0.25, 0.3) is 0 Å². The van der Waals surface area contributed by atoms with Gasteiger partial charge in [-0.1, -0.05) is 20.8 Å². The van der Waals surface area contributed by atoms with Crippen molar-refractivity contribution in [1.82, 2.24) is 10.2 Å². The van der Waals surface area contributed by atoms with Gasteiger partial charge >= 0.3 is 0 Å². The summed E-state index contributed by atoms with van der Waals surface area (Å²) >= 11 is 2.07. The van der Waals surface area contributed by atoms with Crippen LogP contribution in [0.2, 0.25) is 0 Å². The van der Waals surface area contributed by atoms with Gasteiger partial charge in [-0.3, -0.25) is 0 Å². The van der Waals surface area contributed by atoms with Crippen LogP contribution in [0.3, 0.4) is 0 Å². The molecule has 0 aromatic rings. The van der Waals surface area contributed by atoms with Crippen LogP contribution in [0.5, 0.6) is 0 Å². The third-order valence-corrected chi connectivity index (χ3v) is 4.31. The van der Waals surface area contributed by atoms with Crippen molar-refractivity contribution in [3.8, 4) is 0 Å². The van der Waals surface area contributed by atoms with Crippen molar-refractivity contribution in [3.63, 3.8) is 0 Å². The summed E-state index contributed by atoms with van der Waals surface area (Å²) < 4.78 is 0. The number of nitrogens with one attached hydrogen (secondary N) is 1. The fourth-order valence-electron chi connectivity index (χ4n) is 2.39. The van der Waals surface area contributed by atoms with Gasteiger partial charge in [0, 0.05) is 6.54 Å². The zero-order valence-electron chi connectivity index (χ0n) is 11.9. The van der Waals surface area contributed by atoms with Gasteiger partial charge in [-0.15, -0.1) is 0 Å². The van der Waals surface area contributed by atoms with Crippen molar-refractivity contribution in [1.29, 1.82) is 0 Å². The molecule has 1 saturated heterocycles. The zero-order chi connectivity index (χ0) is 12.5. The van der Waals surface area contributed by atoms with E-state index in [0.717, 1.165) is 11.8 Å². The molecule has 0 aliphatic carbocycles. The van der Waals surface area contributed by atoms with E-state index in [1.54, 1.807) is 0 Å². The Hall–Kier alpha value is 0.270. The summed E-state index contributed by atoms with van der Waals surface area (Å²) in [6.45, 7) is 13.2. The summed E-state index contributed by atoms with van der Waals surface area (Å²) in [5, 5.41) is 3.59. The average Bonchev–Trinajstić information content (AvgIpc) is 2.72. The molecule has 1 rings (SSSR count). The molecule has 3 heteroatoms. The van der Waals surface area contributed by atoms with Crippen LogP contribution in [-0.2, 0) is 0 Å². The van der Waals surface area contributed by atoms with Crippen LogP contribution < -0.4 is 5.32 Å². The van der Waals surface area contributed by atoms with Gasteiger partial charge in [-0.2, -0.15) is 11.8 Å². The summed E-state index contributed by atoms with van der Waals surface area (Å²) in [6.07, 6.45) is 2.76. The topological polar surface area (TPSA) is 15.3 Å². The molecule has 0 aromatic carbocycles.